The van der Waals surface area contributed by atoms with E-state index >= 15 is 0 Å². The molecule has 0 atom stereocenters. The summed E-state index contributed by atoms with van der Waals surface area (Å²) >= 11 is 14.4. The lowest BCUT2D eigenvalue weighted by Crippen LogP contribution is -2.20. The molecule has 0 bridgehead atoms. The van der Waals surface area contributed by atoms with Gasteiger partial charge in [0.25, 0.3) is 11.8 Å². The SMILES string of the molecule is Cc1cccc2ncc(C(=O)Nc3scc(-c4ccc(Cl)cc4)c3C(=O)OC(=O)c3c(-c4ccc(Cl)cc4)csc3NC(=O)c3cc4ccccc4nn3)nc12. The van der Waals surface area contributed by atoms with Gasteiger partial charge >= 0.3 is 11.9 Å². The summed E-state index contributed by atoms with van der Waals surface area (Å²) in [6.45, 7) is 1.86. The van der Waals surface area contributed by atoms with Gasteiger partial charge in [0.1, 0.15) is 26.8 Å². The first-order chi connectivity index (χ1) is 27.1. The van der Waals surface area contributed by atoms with Gasteiger partial charge in [-0.2, -0.15) is 0 Å². The number of nitrogens with zero attached hydrogens (tertiary/aromatic N) is 4. The van der Waals surface area contributed by atoms with Crippen LogP contribution in [0.15, 0.2) is 114 Å². The predicted octanol–water partition coefficient (Wildman–Crippen LogP) is 10.1. The number of thiophene rings is 2. The zero-order valence-electron chi connectivity index (χ0n) is 28.9. The third kappa shape index (κ3) is 7.36. The van der Waals surface area contributed by atoms with Gasteiger partial charge in [0, 0.05) is 37.3 Å². The summed E-state index contributed by atoms with van der Waals surface area (Å²) in [5, 5.41) is 18.9. The third-order valence-corrected chi connectivity index (χ3v) is 11.0. The summed E-state index contributed by atoms with van der Waals surface area (Å²) < 4.78 is 5.62. The van der Waals surface area contributed by atoms with Gasteiger partial charge in [-0.05, 0) is 66.1 Å². The van der Waals surface area contributed by atoms with Crippen LogP contribution in [0.1, 0.15) is 47.3 Å². The Hall–Kier alpha value is -6.38. The highest BCUT2D eigenvalue weighted by molar-refractivity contribution is 7.15. The van der Waals surface area contributed by atoms with E-state index in [2.05, 4.69) is 30.8 Å². The number of carbonyl (C=O) groups excluding carboxylic acids is 4. The molecule has 0 aliphatic rings. The van der Waals surface area contributed by atoms with E-state index in [4.69, 9.17) is 27.9 Å². The fraction of sp³-hybridized carbons (Fsp3) is 0.0244. The fourth-order valence-electron chi connectivity index (χ4n) is 5.89. The molecule has 8 aromatic rings. The molecule has 0 spiro atoms. The lowest BCUT2D eigenvalue weighted by Gasteiger charge is -2.11. The molecule has 0 fully saturated rings. The molecule has 11 nitrogen and oxygen atoms in total. The summed E-state index contributed by atoms with van der Waals surface area (Å²) in [7, 11) is 0. The zero-order valence-corrected chi connectivity index (χ0v) is 32.0. The van der Waals surface area contributed by atoms with Crippen molar-refractivity contribution in [1.82, 2.24) is 20.2 Å². The van der Waals surface area contributed by atoms with Crippen LogP contribution in [0.5, 0.6) is 0 Å². The molecule has 0 radical (unpaired) electrons. The third-order valence-electron chi connectivity index (χ3n) is 8.67. The van der Waals surface area contributed by atoms with Crippen molar-refractivity contribution in [2.45, 2.75) is 6.92 Å². The number of halogens is 2. The van der Waals surface area contributed by atoms with Crippen LogP contribution >= 0.6 is 45.9 Å². The molecule has 0 aliphatic carbocycles. The van der Waals surface area contributed by atoms with Crippen molar-refractivity contribution >= 4 is 102 Å². The van der Waals surface area contributed by atoms with E-state index in [0.29, 0.717) is 54.2 Å². The molecule has 56 heavy (non-hydrogen) atoms. The van der Waals surface area contributed by atoms with E-state index in [-0.39, 0.29) is 32.5 Å². The van der Waals surface area contributed by atoms with Gasteiger partial charge in [0.05, 0.1) is 22.7 Å². The Bertz CT molecular complexity index is 2860. The number of anilines is 2. The van der Waals surface area contributed by atoms with Crippen LogP contribution < -0.4 is 10.6 Å². The highest BCUT2D eigenvalue weighted by Gasteiger charge is 2.30. The minimum absolute atomic E-state index is 0.0121. The predicted molar refractivity (Wildman–Crippen MR) is 219 cm³/mol. The summed E-state index contributed by atoms with van der Waals surface area (Å²) in [4.78, 5) is 64.5. The van der Waals surface area contributed by atoms with E-state index in [1.165, 1.54) is 6.20 Å². The van der Waals surface area contributed by atoms with Gasteiger partial charge in [-0.1, -0.05) is 77.8 Å². The summed E-state index contributed by atoms with van der Waals surface area (Å²) in [6.07, 6.45) is 1.35. The van der Waals surface area contributed by atoms with E-state index in [1.54, 1.807) is 83.6 Å². The average Bonchev–Trinajstić information content (AvgIpc) is 3.82. The normalized spacial score (nSPS) is 11.1. The van der Waals surface area contributed by atoms with Gasteiger partial charge in [-0.3, -0.25) is 14.6 Å². The quantitative estimate of drug-likeness (QED) is 0.113. The van der Waals surface area contributed by atoms with Crippen LogP contribution in [0.3, 0.4) is 0 Å². The number of ether oxygens (including phenoxy) is 1. The number of esters is 2. The van der Waals surface area contributed by atoms with Crippen molar-refractivity contribution in [2.75, 3.05) is 10.6 Å². The minimum atomic E-state index is -1.05. The molecule has 0 unspecified atom stereocenters. The van der Waals surface area contributed by atoms with Crippen LogP contribution in [-0.2, 0) is 4.74 Å². The number of carbonyl (C=O) groups is 4. The molecule has 8 rings (SSSR count). The Kier molecular flexibility index (Phi) is 10.1. The highest BCUT2D eigenvalue weighted by atomic mass is 35.5. The lowest BCUT2D eigenvalue weighted by atomic mass is 10.0. The molecular formula is C41H24Cl2N6O5S2. The number of amides is 2. The van der Waals surface area contributed by atoms with E-state index < -0.39 is 23.8 Å². The van der Waals surface area contributed by atoms with E-state index in [9.17, 15) is 19.2 Å². The van der Waals surface area contributed by atoms with Crippen molar-refractivity contribution < 1.29 is 23.9 Å². The van der Waals surface area contributed by atoms with Crippen LogP contribution in [0.25, 0.3) is 44.2 Å². The molecular weight excluding hydrogens is 792 g/mol. The number of aromatic nitrogens is 4. The number of hydrogen-bond donors (Lipinski definition) is 2. The van der Waals surface area contributed by atoms with E-state index in [1.807, 2.05) is 31.2 Å². The highest BCUT2D eigenvalue weighted by Crippen LogP contribution is 2.40. The largest absolute Gasteiger partial charge is 0.386 e. The molecule has 4 aromatic carbocycles. The Labute approximate surface area is 335 Å². The van der Waals surface area contributed by atoms with Crippen molar-refractivity contribution in [3.05, 3.63) is 152 Å². The fourth-order valence-corrected chi connectivity index (χ4v) is 8.04. The van der Waals surface area contributed by atoms with Gasteiger partial charge in [0.2, 0.25) is 0 Å². The van der Waals surface area contributed by atoms with Gasteiger partial charge in [0.15, 0.2) is 5.69 Å². The first-order valence-corrected chi connectivity index (χ1v) is 19.2. The number of rotatable bonds is 8. The first kappa shape index (κ1) is 36.6. The number of hydrogen-bond acceptors (Lipinski definition) is 11. The van der Waals surface area contributed by atoms with Crippen molar-refractivity contribution in [3.8, 4) is 22.3 Å². The maximum absolute atomic E-state index is 14.2. The second kappa shape index (κ2) is 15.4. The van der Waals surface area contributed by atoms with Gasteiger partial charge in [-0.25, -0.2) is 14.6 Å². The second-order valence-electron chi connectivity index (χ2n) is 12.3. The topological polar surface area (TPSA) is 153 Å². The molecule has 0 aliphatic heterocycles. The Balaban J connectivity index is 1.14. The van der Waals surface area contributed by atoms with Crippen LogP contribution in [-0.4, -0.2) is 43.9 Å². The standard InChI is InChI=1S/C41H24Cl2N6O5S2/c1-21-5-4-8-30-35(21)45-32(18-44-30)37(51)47-39-34(28(20-56-39)23-11-15-26(43)16-12-23)41(53)54-40(52)33-27(22-9-13-25(42)14-10-22)19-55-38(33)46-36(50)31-17-24-6-2-3-7-29(24)48-49-31/h2-20H,1H3,(H,46,50)(H,47,51). The van der Waals surface area contributed by atoms with Crippen LogP contribution in [0, 0.1) is 6.92 Å². The first-order valence-electron chi connectivity index (χ1n) is 16.7. The lowest BCUT2D eigenvalue weighted by molar-refractivity contribution is 0.0401. The molecule has 2 amide bonds. The molecule has 4 aromatic heterocycles. The number of benzene rings is 4. The smallest absolute Gasteiger partial charge is 0.349 e. The minimum Gasteiger partial charge on any atom is -0.386 e. The Morgan fingerprint density at radius 3 is 1.80 bits per heavy atom. The molecule has 274 valence electrons. The van der Waals surface area contributed by atoms with Gasteiger partial charge < -0.3 is 15.4 Å². The average molecular weight is 816 g/mol. The molecule has 0 saturated carbocycles. The zero-order chi connectivity index (χ0) is 38.9. The number of para-hydroxylation sites is 1. The Morgan fingerprint density at radius 2 is 1.20 bits per heavy atom. The summed E-state index contributed by atoms with van der Waals surface area (Å²) in [5.74, 6) is -3.37. The second-order valence-corrected chi connectivity index (χ2v) is 14.9. The Morgan fingerprint density at radius 1 is 0.643 bits per heavy atom. The maximum Gasteiger partial charge on any atom is 0.349 e. The van der Waals surface area contributed by atoms with Crippen molar-refractivity contribution in [2.24, 2.45) is 0 Å². The number of fused-ring (bicyclic) bond motifs is 2. The van der Waals surface area contributed by atoms with E-state index in [0.717, 1.165) is 28.2 Å². The number of aryl methyl sites for hydroxylation is 1. The van der Waals surface area contributed by atoms with Crippen molar-refractivity contribution in [3.63, 3.8) is 0 Å². The molecule has 0 saturated heterocycles. The van der Waals surface area contributed by atoms with Crippen LogP contribution in [0.2, 0.25) is 10.0 Å². The molecule has 15 heteroatoms. The summed E-state index contributed by atoms with van der Waals surface area (Å²) in [5.41, 5.74) is 4.41. The number of nitrogens with one attached hydrogen (secondary N) is 2. The monoisotopic (exact) mass is 814 g/mol. The molecule has 2 N–H and O–H groups in total. The molecule has 4 heterocycles. The van der Waals surface area contributed by atoms with Crippen molar-refractivity contribution in [1.29, 1.82) is 0 Å². The summed E-state index contributed by atoms with van der Waals surface area (Å²) in [6, 6.07) is 27.7. The van der Waals surface area contributed by atoms with Crippen LogP contribution in [0.4, 0.5) is 10.0 Å². The van der Waals surface area contributed by atoms with Gasteiger partial charge in [-0.15, -0.1) is 32.9 Å². The maximum atomic E-state index is 14.2.